The lowest BCUT2D eigenvalue weighted by molar-refractivity contribution is 0.202. The van der Waals surface area contributed by atoms with E-state index < -0.39 is 0 Å². The van der Waals surface area contributed by atoms with Crippen molar-refractivity contribution in [2.24, 2.45) is 0 Å². The summed E-state index contributed by atoms with van der Waals surface area (Å²) in [5.41, 5.74) is 2.38. The van der Waals surface area contributed by atoms with Gasteiger partial charge in [0.25, 0.3) is 0 Å². The molecule has 0 unspecified atom stereocenters. The molecule has 1 aromatic heterocycles. The molecular formula is C18H23N3O2S. The van der Waals surface area contributed by atoms with E-state index in [1.807, 2.05) is 24.6 Å². The van der Waals surface area contributed by atoms with Crippen molar-refractivity contribution in [3.63, 3.8) is 0 Å². The van der Waals surface area contributed by atoms with Crippen LogP contribution in [0, 0.1) is 0 Å². The third-order valence-corrected chi connectivity index (χ3v) is 5.52. The molecule has 0 radical (unpaired) electrons. The molecule has 6 heteroatoms. The number of thiazole rings is 1. The third-order valence-electron chi connectivity index (χ3n) is 4.51. The minimum Gasteiger partial charge on any atom is -0.496 e. The Morgan fingerprint density at radius 2 is 2.38 bits per heavy atom. The lowest BCUT2D eigenvalue weighted by atomic mass is 10.1. The smallest absolute Gasteiger partial charge is 0.317 e. The molecule has 1 aliphatic rings. The SMILES string of the molecule is COc1cccc2c1CC[C@@H]2NC(=O)N(C)C[C@@H](C)c1nccs1. The topological polar surface area (TPSA) is 54.5 Å². The molecule has 0 spiro atoms. The highest BCUT2D eigenvalue weighted by Gasteiger charge is 2.27. The summed E-state index contributed by atoms with van der Waals surface area (Å²) in [4.78, 5) is 18.6. The van der Waals surface area contributed by atoms with E-state index in [2.05, 4.69) is 23.3 Å². The number of fused-ring (bicyclic) bond motifs is 1. The van der Waals surface area contributed by atoms with Gasteiger partial charge in [0.05, 0.1) is 18.2 Å². The number of carbonyl (C=O) groups is 1. The second-order valence-corrected chi connectivity index (χ2v) is 7.15. The first-order valence-corrected chi connectivity index (χ1v) is 9.05. The van der Waals surface area contributed by atoms with Gasteiger partial charge >= 0.3 is 6.03 Å². The molecule has 0 saturated heterocycles. The predicted molar refractivity (Wildman–Crippen MR) is 95.7 cm³/mol. The Labute approximate surface area is 146 Å². The van der Waals surface area contributed by atoms with Crippen LogP contribution in [0.4, 0.5) is 4.79 Å². The van der Waals surface area contributed by atoms with Crippen molar-refractivity contribution < 1.29 is 9.53 Å². The highest BCUT2D eigenvalue weighted by atomic mass is 32.1. The Morgan fingerprint density at radius 3 is 3.08 bits per heavy atom. The summed E-state index contributed by atoms with van der Waals surface area (Å²) < 4.78 is 5.42. The molecule has 2 aromatic rings. The van der Waals surface area contributed by atoms with Gasteiger partial charge in [-0.2, -0.15) is 0 Å². The van der Waals surface area contributed by atoms with E-state index in [4.69, 9.17) is 4.74 Å². The molecule has 128 valence electrons. The number of nitrogens with one attached hydrogen (secondary N) is 1. The van der Waals surface area contributed by atoms with Crippen LogP contribution in [0.2, 0.25) is 0 Å². The van der Waals surface area contributed by atoms with Gasteiger partial charge in [-0.1, -0.05) is 19.1 Å². The third kappa shape index (κ3) is 3.38. The molecule has 0 saturated carbocycles. The maximum absolute atomic E-state index is 12.5. The molecular weight excluding hydrogens is 322 g/mol. The van der Waals surface area contributed by atoms with Crippen molar-refractivity contribution >= 4 is 17.4 Å². The van der Waals surface area contributed by atoms with Crippen LogP contribution in [0.3, 0.4) is 0 Å². The van der Waals surface area contributed by atoms with E-state index in [0.29, 0.717) is 6.54 Å². The lowest BCUT2D eigenvalue weighted by Gasteiger charge is -2.23. The summed E-state index contributed by atoms with van der Waals surface area (Å²) in [7, 11) is 3.52. The number of amides is 2. The number of benzene rings is 1. The fourth-order valence-corrected chi connectivity index (χ4v) is 3.96. The first kappa shape index (κ1) is 16.8. The zero-order valence-corrected chi connectivity index (χ0v) is 15.1. The number of aromatic nitrogens is 1. The van der Waals surface area contributed by atoms with Crippen LogP contribution >= 0.6 is 11.3 Å². The summed E-state index contributed by atoms with van der Waals surface area (Å²) >= 11 is 1.63. The molecule has 1 aliphatic carbocycles. The maximum atomic E-state index is 12.5. The molecule has 24 heavy (non-hydrogen) atoms. The Bertz CT molecular complexity index is 702. The van der Waals surface area contributed by atoms with E-state index in [-0.39, 0.29) is 18.0 Å². The number of rotatable bonds is 5. The Morgan fingerprint density at radius 1 is 1.54 bits per heavy atom. The van der Waals surface area contributed by atoms with Crippen LogP contribution < -0.4 is 10.1 Å². The van der Waals surface area contributed by atoms with Gasteiger partial charge in [-0.05, 0) is 30.0 Å². The average molecular weight is 345 g/mol. The standard InChI is InChI=1S/C18H23N3O2S/c1-12(17-19-9-10-24-17)11-21(2)18(22)20-15-8-7-14-13(15)5-4-6-16(14)23-3/h4-6,9-10,12,15H,7-8,11H2,1-3H3,(H,20,22)/t12-,15+/m1/s1. The van der Waals surface area contributed by atoms with Gasteiger partial charge in [-0.25, -0.2) is 9.78 Å². The number of hydrogen-bond acceptors (Lipinski definition) is 4. The highest BCUT2D eigenvalue weighted by molar-refractivity contribution is 7.09. The molecule has 0 bridgehead atoms. The molecule has 1 heterocycles. The van der Waals surface area contributed by atoms with Crippen LogP contribution in [0.1, 0.15) is 41.4 Å². The van der Waals surface area contributed by atoms with Crippen LogP contribution in [-0.4, -0.2) is 36.6 Å². The zero-order valence-electron chi connectivity index (χ0n) is 14.3. The molecule has 1 N–H and O–H groups in total. The van der Waals surface area contributed by atoms with E-state index >= 15 is 0 Å². The Kier molecular flexibility index (Phi) is 5.04. The maximum Gasteiger partial charge on any atom is 0.317 e. The van der Waals surface area contributed by atoms with E-state index in [9.17, 15) is 4.79 Å². The van der Waals surface area contributed by atoms with Gasteiger partial charge in [0.1, 0.15) is 5.75 Å². The first-order valence-electron chi connectivity index (χ1n) is 8.17. The minimum absolute atomic E-state index is 0.0425. The van der Waals surface area contributed by atoms with Crippen molar-refractivity contribution in [3.05, 3.63) is 45.9 Å². The fraction of sp³-hybridized carbons (Fsp3) is 0.444. The number of urea groups is 1. The molecule has 0 aliphatic heterocycles. The van der Waals surface area contributed by atoms with Crippen LogP contribution in [0.25, 0.3) is 0 Å². The molecule has 1 aromatic carbocycles. The minimum atomic E-state index is -0.0425. The first-order chi connectivity index (χ1) is 11.6. The van der Waals surface area contributed by atoms with Crippen molar-refractivity contribution in [2.75, 3.05) is 20.7 Å². The second kappa shape index (κ2) is 7.21. The van der Waals surface area contributed by atoms with Gasteiger partial charge in [0.15, 0.2) is 0 Å². The van der Waals surface area contributed by atoms with Crippen LogP contribution in [-0.2, 0) is 6.42 Å². The lowest BCUT2D eigenvalue weighted by Crippen LogP contribution is -2.40. The number of ether oxygens (including phenoxy) is 1. The summed E-state index contributed by atoms with van der Waals surface area (Å²) in [5, 5.41) is 6.18. The monoisotopic (exact) mass is 345 g/mol. The molecule has 2 atom stereocenters. The van der Waals surface area contributed by atoms with Gasteiger partial charge in [0.2, 0.25) is 0 Å². The van der Waals surface area contributed by atoms with Gasteiger partial charge < -0.3 is 15.0 Å². The molecule has 5 nitrogen and oxygen atoms in total. The summed E-state index contributed by atoms with van der Waals surface area (Å²) in [5.74, 6) is 1.15. The Balaban J connectivity index is 1.62. The highest BCUT2D eigenvalue weighted by Crippen LogP contribution is 2.36. The Hall–Kier alpha value is -2.08. The predicted octanol–water partition coefficient (Wildman–Crippen LogP) is 3.58. The summed E-state index contributed by atoms with van der Waals surface area (Å²) in [6.07, 6.45) is 3.65. The number of likely N-dealkylation sites (N-methyl/N-ethyl adjacent to an activating group) is 1. The van der Waals surface area contributed by atoms with Crippen molar-refractivity contribution in [2.45, 2.75) is 31.7 Å². The molecule has 0 fully saturated rings. The van der Waals surface area contributed by atoms with E-state index in [0.717, 1.165) is 23.6 Å². The van der Waals surface area contributed by atoms with Gasteiger partial charge in [-0.3, -0.25) is 0 Å². The summed E-state index contributed by atoms with van der Waals surface area (Å²) in [6, 6.07) is 6.05. The van der Waals surface area contributed by atoms with Crippen molar-refractivity contribution in [3.8, 4) is 5.75 Å². The fourth-order valence-electron chi connectivity index (χ4n) is 3.27. The normalized spacial score (nSPS) is 17.2. The number of nitrogens with zero attached hydrogens (tertiary/aromatic N) is 2. The zero-order chi connectivity index (χ0) is 17.1. The van der Waals surface area contributed by atoms with Crippen LogP contribution in [0.5, 0.6) is 5.75 Å². The summed E-state index contributed by atoms with van der Waals surface area (Å²) in [6.45, 7) is 2.75. The van der Waals surface area contributed by atoms with Crippen molar-refractivity contribution in [1.82, 2.24) is 15.2 Å². The average Bonchev–Trinajstić information content (AvgIpc) is 3.24. The number of methoxy groups -OCH3 is 1. The van der Waals surface area contributed by atoms with E-state index in [1.165, 1.54) is 11.1 Å². The molecule has 3 rings (SSSR count). The second-order valence-electron chi connectivity index (χ2n) is 6.22. The van der Waals surface area contributed by atoms with Crippen LogP contribution in [0.15, 0.2) is 29.8 Å². The van der Waals surface area contributed by atoms with Crippen molar-refractivity contribution in [1.29, 1.82) is 0 Å². The van der Waals surface area contributed by atoms with E-state index in [1.54, 1.807) is 29.5 Å². The van der Waals surface area contributed by atoms with Gasteiger partial charge in [0, 0.05) is 31.1 Å². The number of hydrogen-bond donors (Lipinski definition) is 1. The quantitative estimate of drug-likeness (QED) is 0.901. The largest absolute Gasteiger partial charge is 0.496 e. The molecule has 2 amide bonds. The van der Waals surface area contributed by atoms with Gasteiger partial charge in [-0.15, -0.1) is 11.3 Å². The number of carbonyl (C=O) groups excluding carboxylic acids is 1.